The molecule has 0 unspecified atom stereocenters. The molecule has 0 spiro atoms. The van der Waals surface area contributed by atoms with E-state index < -0.39 is 0 Å². The van der Waals surface area contributed by atoms with E-state index in [9.17, 15) is 0 Å². The third kappa shape index (κ3) is 1.62. The molecule has 2 rings (SSSR count). The summed E-state index contributed by atoms with van der Waals surface area (Å²) in [5.41, 5.74) is 0. The van der Waals surface area contributed by atoms with E-state index in [0.717, 1.165) is 16.7 Å². The zero-order valence-corrected chi connectivity index (χ0v) is 8.52. The van der Waals surface area contributed by atoms with Crippen molar-refractivity contribution in [2.75, 3.05) is 13.1 Å². The number of fused-ring (bicyclic) bond motifs is 1. The lowest BCUT2D eigenvalue weighted by atomic mass is 9.75. The maximum absolute atomic E-state index is 3.82. The van der Waals surface area contributed by atoms with Crippen molar-refractivity contribution in [2.24, 2.45) is 11.8 Å². The Kier molecular flexibility index (Phi) is 2.52. The highest BCUT2D eigenvalue weighted by atomic mass is 79.9. The number of quaternary nitrogens is 1. The van der Waals surface area contributed by atoms with Crippen LogP contribution in [0.4, 0.5) is 0 Å². The van der Waals surface area contributed by atoms with Gasteiger partial charge in [0, 0.05) is 17.2 Å². The molecule has 1 heterocycles. The minimum Gasteiger partial charge on any atom is -0.346 e. The van der Waals surface area contributed by atoms with Crippen molar-refractivity contribution in [3.05, 3.63) is 0 Å². The van der Waals surface area contributed by atoms with Crippen LogP contribution in [0.2, 0.25) is 0 Å². The molecule has 2 fully saturated rings. The molecule has 2 N–H and O–H groups in total. The summed E-state index contributed by atoms with van der Waals surface area (Å²) >= 11 is 3.82. The zero-order valence-electron chi connectivity index (χ0n) is 6.93. The smallest absolute Gasteiger partial charge is 0.0787 e. The summed E-state index contributed by atoms with van der Waals surface area (Å²) in [7, 11) is 0. The first-order chi connectivity index (χ1) is 5.38. The summed E-state index contributed by atoms with van der Waals surface area (Å²) in [6.45, 7) is 2.76. The summed E-state index contributed by atoms with van der Waals surface area (Å²) in [6, 6.07) is 0. The Labute approximate surface area is 77.1 Å². The van der Waals surface area contributed by atoms with Crippen LogP contribution in [-0.4, -0.2) is 17.9 Å². The first kappa shape index (κ1) is 8.06. The fraction of sp³-hybridized carbons (Fsp3) is 1.00. The number of halogens is 1. The Bertz CT molecular complexity index is 136. The number of nitrogens with two attached hydrogens (primary N) is 1. The second-order valence-corrected chi connectivity index (χ2v) is 5.15. The van der Waals surface area contributed by atoms with Gasteiger partial charge in [-0.1, -0.05) is 22.4 Å². The quantitative estimate of drug-likeness (QED) is 0.588. The van der Waals surface area contributed by atoms with E-state index in [0.29, 0.717) is 0 Å². The number of hydrogen-bond acceptors (Lipinski definition) is 0. The predicted molar refractivity (Wildman–Crippen MR) is 49.8 cm³/mol. The maximum Gasteiger partial charge on any atom is 0.0787 e. The molecular formula is C9H17BrN+. The van der Waals surface area contributed by atoms with E-state index in [1.165, 1.54) is 38.8 Å². The van der Waals surface area contributed by atoms with Crippen molar-refractivity contribution in [2.45, 2.75) is 30.5 Å². The molecule has 11 heavy (non-hydrogen) atoms. The highest BCUT2D eigenvalue weighted by molar-refractivity contribution is 9.09. The molecule has 0 bridgehead atoms. The third-order valence-corrected chi connectivity index (χ3v) is 4.44. The van der Waals surface area contributed by atoms with Crippen LogP contribution in [0.5, 0.6) is 0 Å². The van der Waals surface area contributed by atoms with Crippen LogP contribution in [0.25, 0.3) is 0 Å². The largest absolute Gasteiger partial charge is 0.346 e. The van der Waals surface area contributed by atoms with Gasteiger partial charge >= 0.3 is 0 Å². The molecule has 0 amide bonds. The van der Waals surface area contributed by atoms with Crippen molar-refractivity contribution in [3.63, 3.8) is 0 Å². The molecule has 1 nitrogen and oxygen atoms in total. The van der Waals surface area contributed by atoms with Gasteiger partial charge in [0.1, 0.15) is 0 Å². The summed E-state index contributed by atoms with van der Waals surface area (Å²) < 4.78 is 0. The molecule has 1 saturated carbocycles. The van der Waals surface area contributed by atoms with E-state index in [-0.39, 0.29) is 0 Å². The van der Waals surface area contributed by atoms with E-state index >= 15 is 0 Å². The SMILES string of the molecule is Br[C@@H]1CCC[C@H]2C[NH2+]CC[C@H]21. The van der Waals surface area contributed by atoms with Gasteiger partial charge < -0.3 is 5.32 Å². The van der Waals surface area contributed by atoms with Crippen LogP contribution in [0, 0.1) is 11.8 Å². The van der Waals surface area contributed by atoms with Gasteiger partial charge in [0.05, 0.1) is 13.1 Å². The Morgan fingerprint density at radius 2 is 2.09 bits per heavy atom. The monoisotopic (exact) mass is 218 g/mol. The highest BCUT2D eigenvalue weighted by Gasteiger charge is 2.35. The Morgan fingerprint density at radius 3 is 2.91 bits per heavy atom. The molecule has 0 aromatic rings. The molecule has 1 aliphatic carbocycles. The van der Waals surface area contributed by atoms with Gasteiger partial charge in [-0.25, -0.2) is 0 Å². The second-order valence-electron chi connectivity index (χ2n) is 3.97. The van der Waals surface area contributed by atoms with Crippen LogP contribution in [0.3, 0.4) is 0 Å². The van der Waals surface area contributed by atoms with Gasteiger partial charge in [-0.05, 0) is 18.8 Å². The average Bonchev–Trinajstić information content (AvgIpc) is 2.06. The third-order valence-electron chi connectivity index (χ3n) is 3.30. The van der Waals surface area contributed by atoms with Crippen LogP contribution in [0.15, 0.2) is 0 Å². The fourth-order valence-electron chi connectivity index (χ4n) is 2.65. The first-order valence-electron chi connectivity index (χ1n) is 4.83. The van der Waals surface area contributed by atoms with Crippen molar-refractivity contribution >= 4 is 15.9 Å². The maximum atomic E-state index is 3.82. The lowest BCUT2D eigenvalue weighted by molar-refractivity contribution is -0.672. The number of rotatable bonds is 0. The number of piperidine rings is 1. The summed E-state index contributed by atoms with van der Waals surface area (Å²) in [4.78, 5) is 0.843. The lowest BCUT2D eigenvalue weighted by Crippen LogP contribution is -2.88. The van der Waals surface area contributed by atoms with E-state index in [1.54, 1.807) is 0 Å². The summed E-state index contributed by atoms with van der Waals surface area (Å²) in [5.74, 6) is 2.04. The second kappa shape index (κ2) is 3.44. The molecule has 1 aliphatic heterocycles. The topological polar surface area (TPSA) is 16.6 Å². The van der Waals surface area contributed by atoms with E-state index in [4.69, 9.17) is 0 Å². The Morgan fingerprint density at radius 1 is 1.18 bits per heavy atom. The molecule has 64 valence electrons. The van der Waals surface area contributed by atoms with Gasteiger partial charge in [-0.15, -0.1) is 0 Å². The zero-order chi connectivity index (χ0) is 7.68. The minimum atomic E-state index is 0.843. The van der Waals surface area contributed by atoms with E-state index in [2.05, 4.69) is 21.2 Å². The van der Waals surface area contributed by atoms with Crippen LogP contribution < -0.4 is 5.32 Å². The van der Waals surface area contributed by atoms with Crippen molar-refractivity contribution in [1.82, 2.24) is 0 Å². The van der Waals surface area contributed by atoms with Crippen LogP contribution in [0.1, 0.15) is 25.7 Å². The normalized spacial score (nSPS) is 45.0. The molecule has 0 aromatic heterocycles. The predicted octanol–water partition coefficient (Wildman–Crippen LogP) is 1.13. The van der Waals surface area contributed by atoms with E-state index in [1.807, 2.05) is 0 Å². The van der Waals surface area contributed by atoms with Crippen molar-refractivity contribution in [3.8, 4) is 0 Å². The molecule has 3 atom stereocenters. The molecule has 0 radical (unpaired) electrons. The molecule has 2 heteroatoms. The summed E-state index contributed by atoms with van der Waals surface area (Å²) in [5, 5.41) is 2.49. The van der Waals surface area contributed by atoms with Gasteiger partial charge in [-0.2, -0.15) is 0 Å². The molecular weight excluding hydrogens is 202 g/mol. The number of alkyl halides is 1. The Hall–Kier alpha value is 0.440. The molecule has 2 aliphatic rings. The highest BCUT2D eigenvalue weighted by Crippen LogP contribution is 2.36. The minimum absolute atomic E-state index is 0.843. The van der Waals surface area contributed by atoms with Crippen molar-refractivity contribution in [1.29, 1.82) is 0 Å². The Balaban J connectivity index is 1.99. The van der Waals surface area contributed by atoms with Gasteiger partial charge in [0.15, 0.2) is 0 Å². The standard InChI is InChI=1S/C9H16BrN/c10-9-3-1-2-7-6-11-5-4-8(7)9/h7-9,11H,1-6H2/p+1/t7-,8+,9+/m0/s1. The first-order valence-corrected chi connectivity index (χ1v) is 5.75. The number of hydrogen-bond donors (Lipinski definition) is 1. The average molecular weight is 219 g/mol. The van der Waals surface area contributed by atoms with Crippen LogP contribution >= 0.6 is 15.9 Å². The van der Waals surface area contributed by atoms with Crippen LogP contribution in [-0.2, 0) is 0 Å². The van der Waals surface area contributed by atoms with Gasteiger partial charge in [0.25, 0.3) is 0 Å². The fourth-order valence-corrected chi connectivity index (χ4v) is 3.67. The van der Waals surface area contributed by atoms with Gasteiger partial charge in [-0.3, -0.25) is 0 Å². The molecule has 0 aromatic carbocycles. The van der Waals surface area contributed by atoms with Gasteiger partial charge in [0.2, 0.25) is 0 Å². The summed E-state index contributed by atoms with van der Waals surface area (Å²) in [6.07, 6.45) is 5.80. The van der Waals surface area contributed by atoms with Crippen molar-refractivity contribution < 1.29 is 5.32 Å². The molecule has 1 saturated heterocycles. The lowest BCUT2D eigenvalue weighted by Gasteiger charge is -2.37.